The fourth-order valence-corrected chi connectivity index (χ4v) is 2.68. The van der Waals surface area contributed by atoms with Crippen molar-refractivity contribution in [2.45, 2.75) is 26.1 Å². The third-order valence-corrected chi connectivity index (χ3v) is 3.78. The number of aromatic nitrogens is 2. The number of nitrogens with zero attached hydrogens (tertiary/aromatic N) is 3. The van der Waals surface area contributed by atoms with Crippen LogP contribution in [0.5, 0.6) is 0 Å². The van der Waals surface area contributed by atoms with Gasteiger partial charge in [0.05, 0.1) is 11.7 Å². The predicted octanol–water partition coefficient (Wildman–Crippen LogP) is 3.21. The zero-order chi connectivity index (χ0) is 12.5. The zero-order valence-corrected chi connectivity index (χ0v) is 10.9. The summed E-state index contributed by atoms with van der Waals surface area (Å²) in [6.45, 7) is 4.02. The SMILES string of the molecule is C[C@H](c1nccnc1Cl)N1Cc2ccccc2C1. The molecule has 0 radical (unpaired) electrons. The van der Waals surface area contributed by atoms with Gasteiger partial charge in [0.15, 0.2) is 5.15 Å². The molecule has 0 aliphatic carbocycles. The van der Waals surface area contributed by atoms with Crippen LogP contribution < -0.4 is 0 Å². The van der Waals surface area contributed by atoms with Crippen molar-refractivity contribution >= 4 is 11.6 Å². The van der Waals surface area contributed by atoms with Crippen molar-refractivity contribution in [2.24, 2.45) is 0 Å². The first-order valence-electron chi connectivity index (χ1n) is 6.03. The molecule has 92 valence electrons. The predicted molar refractivity (Wildman–Crippen MR) is 71.1 cm³/mol. The number of hydrogen-bond acceptors (Lipinski definition) is 3. The van der Waals surface area contributed by atoms with Gasteiger partial charge in [-0.25, -0.2) is 4.98 Å². The molecule has 1 atom stereocenters. The maximum Gasteiger partial charge on any atom is 0.152 e. The van der Waals surface area contributed by atoms with E-state index in [1.165, 1.54) is 11.1 Å². The van der Waals surface area contributed by atoms with Gasteiger partial charge in [-0.15, -0.1) is 0 Å². The average Bonchev–Trinajstić information content (AvgIpc) is 2.82. The van der Waals surface area contributed by atoms with Crippen LogP contribution in [0.15, 0.2) is 36.7 Å². The monoisotopic (exact) mass is 259 g/mol. The number of benzene rings is 1. The highest BCUT2D eigenvalue weighted by Gasteiger charge is 2.25. The summed E-state index contributed by atoms with van der Waals surface area (Å²) in [5.74, 6) is 0. The number of rotatable bonds is 2. The van der Waals surface area contributed by atoms with E-state index in [0.717, 1.165) is 18.8 Å². The van der Waals surface area contributed by atoms with E-state index < -0.39 is 0 Å². The molecule has 1 aromatic carbocycles. The first kappa shape index (κ1) is 11.6. The van der Waals surface area contributed by atoms with Gasteiger partial charge < -0.3 is 0 Å². The van der Waals surface area contributed by atoms with Crippen molar-refractivity contribution < 1.29 is 0 Å². The molecular formula is C14H14ClN3. The molecule has 1 aliphatic heterocycles. The van der Waals surface area contributed by atoms with Crippen LogP contribution in [0, 0.1) is 0 Å². The lowest BCUT2D eigenvalue weighted by Gasteiger charge is -2.23. The molecule has 2 heterocycles. The van der Waals surface area contributed by atoms with E-state index in [1.54, 1.807) is 12.4 Å². The Labute approximate surface area is 111 Å². The Kier molecular flexibility index (Phi) is 3.02. The molecule has 1 aliphatic rings. The van der Waals surface area contributed by atoms with Crippen molar-refractivity contribution in [3.8, 4) is 0 Å². The molecule has 4 heteroatoms. The Balaban J connectivity index is 1.85. The molecule has 0 fully saturated rings. The fraction of sp³-hybridized carbons (Fsp3) is 0.286. The molecule has 0 bridgehead atoms. The third kappa shape index (κ3) is 2.00. The van der Waals surface area contributed by atoms with Crippen molar-refractivity contribution in [2.75, 3.05) is 0 Å². The summed E-state index contributed by atoms with van der Waals surface area (Å²) >= 11 is 6.11. The van der Waals surface area contributed by atoms with Gasteiger partial charge in [0.2, 0.25) is 0 Å². The van der Waals surface area contributed by atoms with Gasteiger partial charge in [-0.2, -0.15) is 0 Å². The molecule has 0 spiro atoms. The fourth-order valence-electron chi connectivity index (χ4n) is 2.42. The standard InChI is InChI=1S/C14H14ClN3/c1-10(13-14(15)17-7-6-16-13)18-8-11-4-2-3-5-12(11)9-18/h2-7,10H,8-9H2,1H3/t10-/m1/s1. The molecule has 18 heavy (non-hydrogen) atoms. The first-order chi connectivity index (χ1) is 8.75. The zero-order valence-electron chi connectivity index (χ0n) is 10.2. The summed E-state index contributed by atoms with van der Waals surface area (Å²) in [6.07, 6.45) is 3.32. The quantitative estimate of drug-likeness (QED) is 0.829. The molecule has 0 amide bonds. The van der Waals surface area contributed by atoms with Crippen LogP contribution in [0.4, 0.5) is 0 Å². The van der Waals surface area contributed by atoms with E-state index in [1.807, 2.05) is 0 Å². The van der Waals surface area contributed by atoms with Crippen molar-refractivity contribution in [1.82, 2.24) is 14.9 Å². The van der Waals surface area contributed by atoms with Gasteiger partial charge >= 0.3 is 0 Å². The molecule has 3 nitrogen and oxygen atoms in total. The van der Waals surface area contributed by atoms with Gasteiger partial charge in [0.25, 0.3) is 0 Å². The highest BCUT2D eigenvalue weighted by atomic mass is 35.5. The van der Waals surface area contributed by atoms with E-state index in [0.29, 0.717) is 5.15 Å². The van der Waals surface area contributed by atoms with Crippen molar-refractivity contribution in [3.63, 3.8) is 0 Å². The van der Waals surface area contributed by atoms with Gasteiger partial charge in [-0.1, -0.05) is 35.9 Å². The molecule has 0 unspecified atom stereocenters. The van der Waals surface area contributed by atoms with E-state index in [4.69, 9.17) is 11.6 Å². The lowest BCUT2D eigenvalue weighted by molar-refractivity contribution is 0.211. The van der Waals surface area contributed by atoms with Crippen LogP contribution in [0.2, 0.25) is 5.15 Å². The van der Waals surface area contributed by atoms with Crippen LogP contribution in [0.25, 0.3) is 0 Å². The normalized spacial score (nSPS) is 16.6. The topological polar surface area (TPSA) is 29.0 Å². The van der Waals surface area contributed by atoms with Crippen LogP contribution in [-0.4, -0.2) is 14.9 Å². The van der Waals surface area contributed by atoms with Gasteiger partial charge in [0, 0.05) is 25.5 Å². The lowest BCUT2D eigenvalue weighted by Crippen LogP contribution is -2.22. The summed E-state index contributed by atoms with van der Waals surface area (Å²) in [5, 5.41) is 0.501. The highest BCUT2D eigenvalue weighted by Crippen LogP contribution is 2.31. The summed E-state index contributed by atoms with van der Waals surface area (Å²) in [6, 6.07) is 8.71. The van der Waals surface area contributed by atoms with E-state index in [9.17, 15) is 0 Å². The molecule has 0 saturated carbocycles. The summed E-state index contributed by atoms with van der Waals surface area (Å²) in [5.41, 5.74) is 3.64. The highest BCUT2D eigenvalue weighted by molar-refractivity contribution is 6.30. The van der Waals surface area contributed by atoms with E-state index in [2.05, 4.69) is 46.1 Å². The second kappa shape index (κ2) is 4.67. The summed E-state index contributed by atoms with van der Waals surface area (Å²) < 4.78 is 0. The third-order valence-electron chi connectivity index (χ3n) is 3.49. The van der Waals surface area contributed by atoms with Crippen LogP contribution >= 0.6 is 11.6 Å². The minimum Gasteiger partial charge on any atom is -0.286 e. The second-order valence-corrected chi connectivity index (χ2v) is 4.94. The lowest BCUT2D eigenvalue weighted by atomic mass is 10.1. The number of fused-ring (bicyclic) bond motifs is 1. The number of hydrogen-bond donors (Lipinski definition) is 0. The molecule has 2 aromatic rings. The van der Waals surface area contributed by atoms with Crippen molar-refractivity contribution in [3.05, 3.63) is 58.6 Å². The minimum atomic E-state index is 0.179. The Morgan fingerprint density at radius 2 is 1.72 bits per heavy atom. The maximum atomic E-state index is 6.11. The van der Waals surface area contributed by atoms with Crippen LogP contribution in [0.1, 0.15) is 29.8 Å². The molecule has 0 N–H and O–H groups in total. The Bertz CT molecular complexity index is 545. The van der Waals surface area contributed by atoms with Gasteiger partial charge in [-0.3, -0.25) is 9.88 Å². The molecular weight excluding hydrogens is 246 g/mol. The summed E-state index contributed by atoms with van der Waals surface area (Å²) in [4.78, 5) is 10.8. The second-order valence-electron chi connectivity index (χ2n) is 4.58. The van der Waals surface area contributed by atoms with E-state index in [-0.39, 0.29) is 6.04 Å². The van der Waals surface area contributed by atoms with Crippen LogP contribution in [-0.2, 0) is 13.1 Å². The number of halogens is 1. The Morgan fingerprint density at radius 3 is 2.33 bits per heavy atom. The molecule has 0 saturated heterocycles. The molecule has 3 rings (SSSR count). The maximum absolute atomic E-state index is 6.11. The average molecular weight is 260 g/mol. The van der Waals surface area contributed by atoms with Crippen LogP contribution in [0.3, 0.4) is 0 Å². The molecule has 1 aromatic heterocycles. The smallest absolute Gasteiger partial charge is 0.152 e. The van der Waals surface area contributed by atoms with Gasteiger partial charge in [0.1, 0.15) is 0 Å². The minimum absolute atomic E-state index is 0.179. The Hall–Kier alpha value is -1.45. The first-order valence-corrected chi connectivity index (χ1v) is 6.41. The van der Waals surface area contributed by atoms with E-state index >= 15 is 0 Å². The van der Waals surface area contributed by atoms with Gasteiger partial charge in [-0.05, 0) is 18.1 Å². The largest absolute Gasteiger partial charge is 0.286 e. The Morgan fingerprint density at radius 1 is 1.11 bits per heavy atom. The van der Waals surface area contributed by atoms with Crippen molar-refractivity contribution in [1.29, 1.82) is 0 Å². The summed E-state index contributed by atoms with van der Waals surface area (Å²) in [7, 11) is 0.